The van der Waals surface area contributed by atoms with Crippen molar-refractivity contribution in [1.82, 2.24) is 5.32 Å². The van der Waals surface area contributed by atoms with Crippen LogP contribution in [-0.4, -0.2) is 36.8 Å². The predicted octanol–water partition coefficient (Wildman–Crippen LogP) is 3.08. The Morgan fingerprint density at radius 1 is 1.04 bits per heavy atom. The molecule has 0 atom stereocenters. The highest BCUT2D eigenvalue weighted by Gasteiger charge is 2.25. The number of fused-ring (bicyclic) bond motifs is 1. The van der Waals surface area contributed by atoms with Crippen LogP contribution in [0.5, 0.6) is 11.5 Å². The van der Waals surface area contributed by atoms with E-state index in [9.17, 15) is 9.59 Å². The van der Waals surface area contributed by atoms with Crippen molar-refractivity contribution in [3.63, 3.8) is 0 Å². The molecule has 0 saturated heterocycles. The lowest BCUT2D eigenvalue weighted by Crippen LogP contribution is -2.27. The van der Waals surface area contributed by atoms with Crippen molar-refractivity contribution in [2.24, 2.45) is 0 Å². The van der Waals surface area contributed by atoms with Crippen molar-refractivity contribution in [1.29, 1.82) is 0 Å². The standard InChI is InChI=1S/C20H20N2O4S/c23-19(12-27-14-7-8-17-18(11-14)26-10-9-25-17)22-16-4-2-1-3-15(16)20(24)21-13-5-6-13/h1-4,7-8,11,13H,5-6,9-10,12H2,(H,21,24)(H,22,23). The summed E-state index contributed by atoms with van der Waals surface area (Å²) in [6.45, 7) is 1.08. The van der Waals surface area contributed by atoms with Crippen LogP contribution in [0.25, 0.3) is 0 Å². The minimum absolute atomic E-state index is 0.145. The lowest BCUT2D eigenvalue weighted by atomic mass is 10.1. The number of carbonyl (C=O) groups excluding carboxylic acids is 2. The molecule has 2 aromatic rings. The zero-order chi connectivity index (χ0) is 18.6. The molecule has 140 valence electrons. The number of ether oxygens (including phenoxy) is 2. The number of rotatable bonds is 6. The van der Waals surface area contributed by atoms with Crippen molar-refractivity contribution in [2.45, 2.75) is 23.8 Å². The van der Waals surface area contributed by atoms with E-state index in [0.717, 1.165) is 23.5 Å². The fraction of sp³-hybridized carbons (Fsp3) is 0.300. The fourth-order valence-electron chi connectivity index (χ4n) is 2.73. The Kier molecular flexibility index (Phi) is 5.20. The lowest BCUT2D eigenvalue weighted by molar-refractivity contribution is -0.113. The minimum atomic E-state index is -0.165. The van der Waals surface area contributed by atoms with Crippen molar-refractivity contribution >= 4 is 29.3 Å². The van der Waals surface area contributed by atoms with Crippen LogP contribution in [0.3, 0.4) is 0 Å². The molecule has 1 aliphatic carbocycles. The lowest BCUT2D eigenvalue weighted by Gasteiger charge is -2.18. The average molecular weight is 384 g/mol. The number of hydrogen-bond donors (Lipinski definition) is 2. The van der Waals surface area contributed by atoms with E-state index in [1.807, 2.05) is 18.2 Å². The van der Waals surface area contributed by atoms with Gasteiger partial charge in [-0.05, 0) is 43.2 Å². The molecular formula is C20H20N2O4S. The van der Waals surface area contributed by atoms with Gasteiger partial charge in [0, 0.05) is 10.9 Å². The maximum absolute atomic E-state index is 12.4. The number of hydrogen-bond acceptors (Lipinski definition) is 5. The van der Waals surface area contributed by atoms with Crippen LogP contribution in [0.2, 0.25) is 0 Å². The quantitative estimate of drug-likeness (QED) is 0.749. The molecule has 2 N–H and O–H groups in total. The molecule has 1 saturated carbocycles. The number of para-hydroxylation sites is 1. The van der Waals surface area contributed by atoms with Crippen LogP contribution in [0, 0.1) is 0 Å². The summed E-state index contributed by atoms with van der Waals surface area (Å²) < 4.78 is 11.1. The van der Waals surface area contributed by atoms with Crippen molar-refractivity contribution in [2.75, 3.05) is 24.3 Å². The van der Waals surface area contributed by atoms with Gasteiger partial charge in [-0.25, -0.2) is 0 Å². The zero-order valence-corrected chi connectivity index (χ0v) is 15.5. The van der Waals surface area contributed by atoms with Crippen molar-refractivity contribution < 1.29 is 19.1 Å². The maximum atomic E-state index is 12.4. The zero-order valence-electron chi connectivity index (χ0n) is 14.7. The molecule has 2 aromatic carbocycles. The Balaban J connectivity index is 1.36. The molecule has 0 unspecified atom stereocenters. The summed E-state index contributed by atoms with van der Waals surface area (Å²) in [5, 5.41) is 5.79. The molecular weight excluding hydrogens is 364 g/mol. The molecule has 7 heteroatoms. The SMILES string of the molecule is O=C(CSc1ccc2c(c1)OCCO2)Nc1ccccc1C(=O)NC1CC1. The molecule has 0 bridgehead atoms. The second-order valence-electron chi connectivity index (χ2n) is 6.44. The van der Waals surface area contributed by atoms with E-state index in [0.29, 0.717) is 30.2 Å². The van der Waals surface area contributed by atoms with E-state index >= 15 is 0 Å². The first-order chi connectivity index (χ1) is 13.2. The van der Waals surface area contributed by atoms with Crippen LogP contribution in [0.15, 0.2) is 47.4 Å². The van der Waals surface area contributed by atoms with Crippen molar-refractivity contribution in [3.05, 3.63) is 48.0 Å². The second-order valence-corrected chi connectivity index (χ2v) is 7.48. The van der Waals surface area contributed by atoms with Crippen LogP contribution < -0.4 is 20.1 Å². The number of amides is 2. The van der Waals surface area contributed by atoms with Crippen LogP contribution in [-0.2, 0) is 4.79 Å². The number of anilines is 1. The Bertz CT molecular complexity index is 867. The van der Waals surface area contributed by atoms with Gasteiger partial charge in [0.1, 0.15) is 13.2 Å². The van der Waals surface area contributed by atoms with Gasteiger partial charge in [0.15, 0.2) is 11.5 Å². The monoisotopic (exact) mass is 384 g/mol. The van der Waals surface area contributed by atoms with E-state index in [4.69, 9.17) is 9.47 Å². The Labute approximate surface area is 161 Å². The largest absolute Gasteiger partial charge is 0.486 e. The van der Waals surface area contributed by atoms with Crippen molar-refractivity contribution in [3.8, 4) is 11.5 Å². The van der Waals surface area contributed by atoms with Gasteiger partial charge in [0.25, 0.3) is 5.91 Å². The molecule has 0 spiro atoms. The second kappa shape index (κ2) is 7.92. The Hall–Kier alpha value is -2.67. The molecule has 1 heterocycles. The van der Waals surface area contributed by atoms with E-state index in [-0.39, 0.29) is 23.6 Å². The molecule has 4 rings (SSSR count). The third-order valence-electron chi connectivity index (χ3n) is 4.24. The predicted molar refractivity (Wildman–Crippen MR) is 104 cm³/mol. The van der Waals surface area contributed by atoms with Gasteiger partial charge in [0.05, 0.1) is 17.0 Å². The van der Waals surface area contributed by atoms with E-state index in [1.165, 1.54) is 11.8 Å². The van der Waals surface area contributed by atoms with E-state index < -0.39 is 0 Å². The molecule has 6 nitrogen and oxygen atoms in total. The Morgan fingerprint density at radius 2 is 1.81 bits per heavy atom. The molecule has 1 fully saturated rings. The highest BCUT2D eigenvalue weighted by atomic mass is 32.2. The van der Waals surface area contributed by atoms with Gasteiger partial charge in [-0.15, -0.1) is 11.8 Å². The summed E-state index contributed by atoms with van der Waals surface area (Å²) >= 11 is 1.41. The number of nitrogens with one attached hydrogen (secondary N) is 2. The number of carbonyl (C=O) groups is 2. The molecule has 27 heavy (non-hydrogen) atoms. The van der Waals surface area contributed by atoms with Gasteiger partial charge in [0.2, 0.25) is 5.91 Å². The average Bonchev–Trinajstić information content (AvgIpc) is 3.50. The van der Waals surface area contributed by atoms with Gasteiger partial charge < -0.3 is 20.1 Å². The van der Waals surface area contributed by atoms with Gasteiger partial charge in [-0.3, -0.25) is 9.59 Å². The summed E-state index contributed by atoms with van der Waals surface area (Å²) in [6, 6.07) is 13.0. The molecule has 2 aliphatic rings. The summed E-state index contributed by atoms with van der Waals surface area (Å²) in [5.41, 5.74) is 1.02. The first-order valence-corrected chi connectivity index (χ1v) is 9.90. The van der Waals surface area contributed by atoms with E-state index in [2.05, 4.69) is 10.6 Å². The van der Waals surface area contributed by atoms with Gasteiger partial charge in [-0.1, -0.05) is 12.1 Å². The van der Waals surface area contributed by atoms with E-state index in [1.54, 1.807) is 24.3 Å². The fourth-order valence-corrected chi connectivity index (χ4v) is 3.45. The summed E-state index contributed by atoms with van der Waals surface area (Å²) in [7, 11) is 0. The van der Waals surface area contributed by atoms with Crippen LogP contribution >= 0.6 is 11.8 Å². The van der Waals surface area contributed by atoms with Gasteiger partial charge >= 0.3 is 0 Å². The third kappa shape index (κ3) is 4.54. The first-order valence-electron chi connectivity index (χ1n) is 8.91. The van der Waals surface area contributed by atoms with Gasteiger partial charge in [-0.2, -0.15) is 0 Å². The third-order valence-corrected chi connectivity index (χ3v) is 5.24. The van der Waals surface area contributed by atoms with Crippen LogP contribution in [0.1, 0.15) is 23.2 Å². The summed E-state index contributed by atoms with van der Waals surface area (Å²) in [6.07, 6.45) is 2.04. The normalized spacial score (nSPS) is 15.1. The number of thioether (sulfide) groups is 1. The summed E-state index contributed by atoms with van der Waals surface area (Å²) in [4.78, 5) is 25.6. The molecule has 0 radical (unpaired) electrons. The highest BCUT2D eigenvalue weighted by Crippen LogP contribution is 2.34. The van der Waals surface area contributed by atoms with Crippen LogP contribution in [0.4, 0.5) is 5.69 Å². The minimum Gasteiger partial charge on any atom is -0.486 e. The maximum Gasteiger partial charge on any atom is 0.253 e. The molecule has 2 amide bonds. The highest BCUT2D eigenvalue weighted by molar-refractivity contribution is 8.00. The number of benzene rings is 2. The summed E-state index contributed by atoms with van der Waals surface area (Å²) in [5.74, 6) is 1.35. The molecule has 0 aromatic heterocycles. The Morgan fingerprint density at radius 3 is 2.63 bits per heavy atom. The smallest absolute Gasteiger partial charge is 0.253 e. The topological polar surface area (TPSA) is 76.7 Å². The first kappa shape index (κ1) is 17.7. The molecule has 1 aliphatic heterocycles.